The highest BCUT2D eigenvalue weighted by Gasteiger charge is 2.10. The molecule has 0 unspecified atom stereocenters. The molecule has 0 atom stereocenters. The van der Waals surface area contributed by atoms with Crippen LogP contribution in [0.2, 0.25) is 0 Å². The Balaban J connectivity index is 0.00000147. The highest BCUT2D eigenvalue weighted by atomic mass is 35.5. The fraction of sp³-hybridized carbons (Fsp3) is 0.357. The first-order chi connectivity index (χ1) is 9.33. The smallest absolute Gasteiger partial charge is 0.163 e. The number of hydrogen-bond acceptors (Lipinski definition) is 5. The molecule has 0 saturated carbocycles. The first-order valence-corrected chi connectivity index (χ1v) is 7.34. The minimum absolute atomic E-state index is 0. The van der Waals surface area contributed by atoms with E-state index in [1.54, 1.807) is 11.8 Å². The number of aromatic nitrogens is 2. The van der Waals surface area contributed by atoms with Gasteiger partial charge in [-0.2, -0.15) is 0 Å². The third kappa shape index (κ3) is 3.41. The van der Waals surface area contributed by atoms with Crippen LogP contribution in [0.3, 0.4) is 0 Å². The number of nitrogens with zero attached hydrogens (tertiary/aromatic N) is 3. The summed E-state index contributed by atoms with van der Waals surface area (Å²) < 4.78 is 0. The van der Waals surface area contributed by atoms with Crippen LogP contribution in [0.15, 0.2) is 34.3 Å². The molecule has 0 bridgehead atoms. The van der Waals surface area contributed by atoms with Crippen LogP contribution in [0.4, 0.5) is 0 Å². The lowest BCUT2D eigenvalue weighted by Gasteiger charge is -2.08. The van der Waals surface area contributed by atoms with Gasteiger partial charge in [0.2, 0.25) is 0 Å². The largest absolute Gasteiger partial charge is 0.365 e. The zero-order valence-electron chi connectivity index (χ0n) is 11.3. The number of benzene rings is 1. The van der Waals surface area contributed by atoms with Crippen molar-refractivity contribution < 1.29 is 0 Å². The molecular formula is C14H17ClN4S. The minimum atomic E-state index is 0. The Kier molecular flexibility index (Phi) is 5.20. The number of rotatable bonds is 1. The van der Waals surface area contributed by atoms with Crippen molar-refractivity contribution in [1.29, 1.82) is 0 Å². The molecule has 2 heterocycles. The molecule has 20 heavy (non-hydrogen) atoms. The summed E-state index contributed by atoms with van der Waals surface area (Å²) in [5.74, 6) is 0. The highest BCUT2D eigenvalue weighted by Crippen LogP contribution is 2.23. The second-order valence-corrected chi connectivity index (χ2v) is 5.50. The van der Waals surface area contributed by atoms with Crippen LogP contribution in [0.1, 0.15) is 18.5 Å². The molecule has 0 radical (unpaired) electrons. The van der Waals surface area contributed by atoms with Gasteiger partial charge in [-0.15, -0.1) is 12.4 Å². The van der Waals surface area contributed by atoms with Crippen molar-refractivity contribution in [1.82, 2.24) is 15.3 Å². The molecule has 4 nitrogen and oxygen atoms in total. The van der Waals surface area contributed by atoms with Crippen LogP contribution in [-0.4, -0.2) is 28.2 Å². The van der Waals surface area contributed by atoms with Crippen LogP contribution < -0.4 is 5.32 Å². The van der Waals surface area contributed by atoms with Gasteiger partial charge in [0.05, 0.1) is 16.7 Å². The van der Waals surface area contributed by atoms with Gasteiger partial charge in [-0.05, 0) is 43.7 Å². The van der Waals surface area contributed by atoms with E-state index >= 15 is 0 Å². The molecule has 0 amide bonds. The van der Waals surface area contributed by atoms with Gasteiger partial charge >= 0.3 is 0 Å². The zero-order valence-corrected chi connectivity index (χ0v) is 12.9. The van der Waals surface area contributed by atoms with Gasteiger partial charge < -0.3 is 5.32 Å². The minimum Gasteiger partial charge on any atom is -0.365 e. The molecule has 1 N–H and O–H groups in total. The van der Waals surface area contributed by atoms with Gasteiger partial charge in [-0.1, -0.05) is 12.1 Å². The van der Waals surface area contributed by atoms with Crippen molar-refractivity contribution in [3.63, 3.8) is 0 Å². The lowest BCUT2D eigenvalue weighted by atomic mass is 10.3. The van der Waals surface area contributed by atoms with E-state index in [0.29, 0.717) is 0 Å². The summed E-state index contributed by atoms with van der Waals surface area (Å²) in [5.41, 5.74) is 2.84. The van der Waals surface area contributed by atoms with Crippen LogP contribution in [0, 0.1) is 6.92 Å². The standard InChI is InChI=1S/C14H16N4S.ClH/c1-10-13(19-14-15-8-4-5-9-16-14)18-12-7-3-2-6-11(12)17-10;/h2-3,6-7H,4-5,8-9H2,1H3,(H,15,16);1H. The quantitative estimate of drug-likeness (QED) is 0.879. The Hall–Kier alpha value is -1.33. The Morgan fingerprint density at radius 2 is 1.85 bits per heavy atom. The van der Waals surface area contributed by atoms with Crippen molar-refractivity contribution in [3.05, 3.63) is 30.0 Å². The molecule has 0 fully saturated rings. The molecule has 1 aromatic heterocycles. The van der Waals surface area contributed by atoms with E-state index in [-0.39, 0.29) is 12.4 Å². The predicted octanol–water partition coefficient (Wildman–Crippen LogP) is 3.19. The number of fused-ring (bicyclic) bond motifs is 1. The van der Waals surface area contributed by atoms with Gasteiger partial charge in [0.1, 0.15) is 5.03 Å². The molecule has 3 rings (SSSR count). The van der Waals surface area contributed by atoms with E-state index in [2.05, 4.69) is 20.3 Å². The molecule has 1 aliphatic heterocycles. The Bertz CT molecular complexity index is 630. The third-order valence-electron chi connectivity index (χ3n) is 3.01. The van der Waals surface area contributed by atoms with Gasteiger partial charge in [-0.25, -0.2) is 9.97 Å². The molecule has 6 heteroatoms. The van der Waals surface area contributed by atoms with E-state index in [1.807, 2.05) is 31.2 Å². The Morgan fingerprint density at radius 3 is 2.65 bits per heavy atom. The maximum atomic E-state index is 4.68. The number of para-hydroxylation sites is 2. The number of thioether (sulfide) groups is 1. The summed E-state index contributed by atoms with van der Waals surface area (Å²) in [6.07, 6.45) is 2.33. The van der Waals surface area contributed by atoms with Gasteiger partial charge in [0, 0.05) is 13.1 Å². The molecule has 2 aromatic rings. The van der Waals surface area contributed by atoms with E-state index in [4.69, 9.17) is 0 Å². The van der Waals surface area contributed by atoms with Gasteiger partial charge in [0.25, 0.3) is 0 Å². The fourth-order valence-electron chi connectivity index (χ4n) is 2.00. The maximum Gasteiger partial charge on any atom is 0.163 e. The molecular weight excluding hydrogens is 292 g/mol. The number of amidine groups is 1. The zero-order chi connectivity index (χ0) is 13.1. The Morgan fingerprint density at radius 1 is 1.10 bits per heavy atom. The molecule has 1 aromatic carbocycles. The van der Waals surface area contributed by atoms with E-state index in [0.717, 1.165) is 46.4 Å². The molecule has 1 aliphatic rings. The summed E-state index contributed by atoms with van der Waals surface area (Å²) in [6.45, 7) is 3.89. The monoisotopic (exact) mass is 308 g/mol. The van der Waals surface area contributed by atoms with Crippen LogP contribution in [-0.2, 0) is 0 Å². The average molecular weight is 309 g/mol. The van der Waals surface area contributed by atoms with Gasteiger partial charge in [-0.3, -0.25) is 4.99 Å². The lowest BCUT2D eigenvalue weighted by Crippen LogP contribution is -2.20. The number of aryl methyl sites for hydroxylation is 1. The van der Waals surface area contributed by atoms with Crippen LogP contribution >= 0.6 is 24.2 Å². The summed E-state index contributed by atoms with van der Waals surface area (Å²) in [7, 11) is 0. The number of hydrogen-bond donors (Lipinski definition) is 1. The van der Waals surface area contributed by atoms with Crippen molar-refractivity contribution in [2.45, 2.75) is 24.8 Å². The normalized spacial score (nSPS) is 14.9. The highest BCUT2D eigenvalue weighted by molar-refractivity contribution is 8.13. The molecule has 0 aliphatic carbocycles. The van der Waals surface area contributed by atoms with Crippen LogP contribution in [0.25, 0.3) is 11.0 Å². The van der Waals surface area contributed by atoms with E-state index in [1.165, 1.54) is 6.42 Å². The number of nitrogens with one attached hydrogen (secondary N) is 1. The van der Waals surface area contributed by atoms with Crippen molar-refractivity contribution in [3.8, 4) is 0 Å². The van der Waals surface area contributed by atoms with Crippen molar-refractivity contribution in [2.75, 3.05) is 13.1 Å². The van der Waals surface area contributed by atoms with E-state index in [9.17, 15) is 0 Å². The number of aliphatic imine (C=N–C) groups is 1. The summed E-state index contributed by atoms with van der Waals surface area (Å²) in [6, 6.07) is 7.96. The summed E-state index contributed by atoms with van der Waals surface area (Å²) >= 11 is 1.58. The number of halogens is 1. The van der Waals surface area contributed by atoms with Gasteiger partial charge in [0.15, 0.2) is 5.17 Å². The average Bonchev–Trinajstić information content (AvgIpc) is 2.68. The lowest BCUT2D eigenvalue weighted by molar-refractivity contribution is 0.750. The summed E-state index contributed by atoms with van der Waals surface area (Å²) in [4.78, 5) is 13.8. The third-order valence-corrected chi connectivity index (χ3v) is 4.06. The van der Waals surface area contributed by atoms with E-state index < -0.39 is 0 Å². The SMILES string of the molecule is Cc1nc2ccccc2nc1SC1=NCCCCN1.Cl. The molecule has 106 valence electrons. The second kappa shape index (κ2) is 6.90. The van der Waals surface area contributed by atoms with Crippen molar-refractivity contribution in [2.24, 2.45) is 4.99 Å². The first kappa shape index (κ1) is 15.1. The molecule has 0 spiro atoms. The Labute approximate surface area is 128 Å². The molecule has 0 saturated heterocycles. The summed E-state index contributed by atoms with van der Waals surface area (Å²) in [5, 5.41) is 5.25. The topological polar surface area (TPSA) is 50.2 Å². The second-order valence-electron chi connectivity index (χ2n) is 4.53. The first-order valence-electron chi connectivity index (χ1n) is 6.52. The maximum absolute atomic E-state index is 4.68. The predicted molar refractivity (Wildman–Crippen MR) is 86.9 cm³/mol. The van der Waals surface area contributed by atoms with Crippen LogP contribution in [0.5, 0.6) is 0 Å². The van der Waals surface area contributed by atoms with Crippen molar-refractivity contribution >= 4 is 40.4 Å². The fourth-order valence-corrected chi connectivity index (χ4v) is 2.85.